The second-order valence-corrected chi connectivity index (χ2v) is 5.44. The van der Waals surface area contributed by atoms with Gasteiger partial charge in [-0.15, -0.1) is 0 Å². The van der Waals surface area contributed by atoms with E-state index < -0.39 is 11.9 Å². The van der Waals surface area contributed by atoms with E-state index in [0.717, 1.165) is 12.8 Å². The molecule has 5 heteroatoms. The Bertz CT molecular complexity index is 491. The molecule has 2 N–H and O–H groups in total. The number of urea groups is 1. The Balaban J connectivity index is 1.86. The van der Waals surface area contributed by atoms with Crippen molar-refractivity contribution in [2.45, 2.75) is 25.8 Å². The molecule has 0 aliphatic heterocycles. The fourth-order valence-electron chi connectivity index (χ4n) is 2.52. The molecule has 1 unspecified atom stereocenters. The van der Waals surface area contributed by atoms with Crippen molar-refractivity contribution < 1.29 is 14.7 Å². The number of carboxylic acid groups (broad SMARTS) is 1. The second-order valence-electron chi connectivity index (χ2n) is 5.44. The summed E-state index contributed by atoms with van der Waals surface area (Å²) in [5.41, 5.74) is 2.55. The van der Waals surface area contributed by atoms with E-state index in [1.165, 1.54) is 16.0 Å². The number of carboxylic acids is 1. The highest BCUT2D eigenvalue weighted by atomic mass is 16.4. The van der Waals surface area contributed by atoms with E-state index >= 15 is 0 Å². The van der Waals surface area contributed by atoms with Crippen molar-refractivity contribution in [2.24, 2.45) is 5.92 Å². The van der Waals surface area contributed by atoms with Crippen LogP contribution in [-0.4, -0.2) is 41.6 Å². The molecule has 1 aromatic carbocycles. The number of hydrogen-bond donors (Lipinski definition) is 2. The standard InChI is InChI=1S/C15H20N2O3/c1-10(14(18)19)9-17(2)15(20)16-13-7-11-5-3-4-6-12(11)8-13/h3-6,10,13H,7-9H2,1-2H3,(H,16,20)(H,18,19). The van der Waals surface area contributed by atoms with E-state index in [1.807, 2.05) is 12.1 Å². The van der Waals surface area contributed by atoms with Crippen LogP contribution in [-0.2, 0) is 17.6 Å². The summed E-state index contributed by atoms with van der Waals surface area (Å²) >= 11 is 0. The van der Waals surface area contributed by atoms with E-state index in [1.54, 1.807) is 14.0 Å². The number of aliphatic carboxylic acids is 1. The predicted molar refractivity (Wildman–Crippen MR) is 75.6 cm³/mol. The average molecular weight is 276 g/mol. The summed E-state index contributed by atoms with van der Waals surface area (Å²) in [5.74, 6) is -1.45. The van der Waals surface area contributed by atoms with Crippen molar-refractivity contribution in [1.29, 1.82) is 0 Å². The predicted octanol–water partition coefficient (Wildman–Crippen LogP) is 1.52. The fraction of sp³-hybridized carbons (Fsp3) is 0.467. The van der Waals surface area contributed by atoms with Crippen LogP contribution in [0.25, 0.3) is 0 Å². The van der Waals surface area contributed by atoms with Gasteiger partial charge in [0.15, 0.2) is 0 Å². The number of amides is 2. The van der Waals surface area contributed by atoms with Crippen molar-refractivity contribution in [1.82, 2.24) is 10.2 Å². The van der Waals surface area contributed by atoms with Crippen molar-refractivity contribution in [3.05, 3.63) is 35.4 Å². The maximum absolute atomic E-state index is 12.0. The zero-order valence-corrected chi connectivity index (χ0v) is 11.8. The lowest BCUT2D eigenvalue weighted by Gasteiger charge is -2.22. The molecule has 0 aromatic heterocycles. The number of carbonyl (C=O) groups is 2. The first-order valence-corrected chi connectivity index (χ1v) is 6.78. The molecule has 0 bridgehead atoms. The highest BCUT2D eigenvalue weighted by Gasteiger charge is 2.24. The molecule has 0 heterocycles. The smallest absolute Gasteiger partial charge is 0.317 e. The molecular formula is C15H20N2O3. The third-order valence-electron chi connectivity index (χ3n) is 3.69. The molecule has 0 spiro atoms. The van der Waals surface area contributed by atoms with Crippen LogP contribution in [0.15, 0.2) is 24.3 Å². The molecule has 0 saturated heterocycles. The molecule has 0 fully saturated rings. The van der Waals surface area contributed by atoms with Crippen LogP contribution in [0.3, 0.4) is 0 Å². The summed E-state index contributed by atoms with van der Waals surface area (Å²) in [7, 11) is 1.62. The van der Waals surface area contributed by atoms with Gasteiger partial charge in [-0.25, -0.2) is 4.79 Å². The number of carbonyl (C=O) groups excluding carboxylic acids is 1. The summed E-state index contributed by atoms with van der Waals surface area (Å²) in [5, 5.41) is 11.8. The molecule has 108 valence electrons. The molecule has 5 nitrogen and oxygen atoms in total. The molecule has 2 rings (SSSR count). The lowest BCUT2D eigenvalue weighted by molar-refractivity contribution is -0.141. The first-order valence-electron chi connectivity index (χ1n) is 6.78. The number of nitrogens with zero attached hydrogens (tertiary/aromatic N) is 1. The zero-order chi connectivity index (χ0) is 14.7. The Morgan fingerprint density at radius 3 is 2.40 bits per heavy atom. The van der Waals surface area contributed by atoms with Gasteiger partial charge in [-0.2, -0.15) is 0 Å². The normalized spacial score (nSPS) is 15.5. The molecule has 2 amide bonds. The van der Waals surface area contributed by atoms with Crippen molar-refractivity contribution in [3.63, 3.8) is 0 Å². The summed E-state index contributed by atoms with van der Waals surface area (Å²) in [6, 6.07) is 8.06. The molecule has 1 aliphatic carbocycles. The average Bonchev–Trinajstić information content (AvgIpc) is 2.80. The van der Waals surface area contributed by atoms with Crippen LogP contribution < -0.4 is 5.32 Å². The van der Waals surface area contributed by atoms with Gasteiger partial charge in [0.25, 0.3) is 0 Å². The molecular weight excluding hydrogens is 256 g/mol. The monoisotopic (exact) mass is 276 g/mol. The lowest BCUT2D eigenvalue weighted by Crippen LogP contribution is -2.45. The van der Waals surface area contributed by atoms with Gasteiger partial charge in [0.1, 0.15) is 0 Å². The number of hydrogen-bond acceptors (Lipinski definition) is 2. The van der Waals surface area contributed by atoms with Gasteiger partial charge in [0, 0.05) is 19.6 Å². The molecule has 1 atom stereocenters. The largest absolute Gasteiger partial charge is 0.481 e. The highest BCUT2D eigenvalue weighted by Crippen LogP contribution is 2.21. The Morgan fingerprint density at radius 2 is 1.90 bits per heavy atom. The molecule has 20 heavy (non-hydrogen) atoms. The van der Waals surface area contributed by atoms with Crippen molar-refractivity contribution >= 4 is 12.0 Å². The summed E-state index contributed by atoms with van der Waals surface area (Å²) < 4.78 is 0. The van der Waals surface area contributed by atoms with Crippen LogP contribution in [0, 0.1) is 5.92 Å². The van der Waals surface area contributed by atoms with E-state index in [0.29, 0.717) is 0 Å². The van der Waals surface area contributed by atoms with Crippen molar-refractivity contribution in [2.75, 3.05) is 13.6 Å². The minimum atomic E-state index is -0.891. The zero-order valence-electron chi connectivity index (χ0n) is 11.8. The van der Waals surface area contributed by atoms with Gasteiger partial charge in [0.2, 0.25) is 0 Å². The van der Waals surface area contributed by atoms with Gasteiger partial charge in [0.05, 0.1) is 5.92 Å². The minimum Gasteiger partial charge on any atom is -0.481 e. The summed E-state index contributed by atoms with van der Waals surface area (Å²) in [4.78, 5) is 24.3. The maximum Gasteiger partial charge on any atom is 0.317 e. The van der Waals surface area contributed by atoms with Crippen LogP contribution in [0.2, 0.25) is 0 Å². The van der Waals surface area contributed by atoms with Gasteiger partial charge in [-0.1, -0.05) is 31.2 Å². The summed E-state index contributed by atoms with van der Waals surface area (Å²) in [6.07, 6.45) is 1.68. The molecule has 0 saturated carbocycles. The van der Waals surface area contributed by atoms with Crippen LogP contribution in [0.1, 0.15) is 18.1 Å². The van der Waals surface area contributed by atoms with E-state index in [4.69, 9.17) is 5.11 Å². The number of nitrogens with one attached hydrogen (secondary N) is 1. The number of benzene rings is 1. The van der Waals surface area contributed by atoms with E-state index in [-0.39, 0.29) is 18.6 Å². The summed E-state index contributed by atoms with van der Waals surface area (Å²) in [6.45, 7) is 1.80. The van der Waals surface area contributed by atoms with Crippen LogP contribution in [0.5, 0.6) is 0 Å². The van der Waals surface area contributed by atoms with Crippen LogP contribution >= 0.6 is 0 Å². The van der Waals surface area contributed by atoms with Crippen LogP contribution in [0.4, 0.5) is 4.79 Å². The second kappa shape index (κ2) is 5.94. The van der Waals surface area contributed by atoms with Gasteiger partial charge >= 0.3 is 12.0 Å². The topological polar surface area (TPSA) is 69.6 Å². The third kappa shape index (κ3) is 3.29. The van der Waals surface area contributed by atoms with Gasteiger partial charge in [-0.05, 0) is 24.0 Å². The Hall–Kier alpha value is -2.04. The highest BCUT2D eigenvalue weighted by molar-refractivity contribution is 5.76. The van der Waals surface area contributed by atoms with Gasteiger partial charge < -0.3 is 15.3 Å². The number of fused-ring (bicyclic) bond motifs is 1. The third-order valence-corrected chi connectivity index (χ3v) is 3.69. The Labute approximate surface area is 118 Å². The molecule has 1 aromatic rings. The molecule has 1 aliphatic rings. The Kier molecular flexibility index (Phi) is 4.27. The quantitative estimate of drug-likeness (QED) is 0.876. The van der Waals surface area contributed by atoms with E-state index in [2.05, 4.69) is 17.4 Å². The SMILES string of the molecule is CC(CN(C)C(=O)NC1Cc2ccccc2C1)C(=O)O. The van der Waals surface area contributed by atoms with Crippen molar-refractivity contribution in [3.8, 4) is 0 Å². The minimum absolute atomic E-state index is 0.0995. The molecule has 0 radical (unpaired) electrons. The lowest BCUT2D eigenvalue weighted by atomic mass is 10.1. The van der Waals surface area contributed by atoms with Gasteiger partial charge in [-0.3, -0.25) is 4.79 Å². The fourth-order valence-corrected chi connectivity index (χ4v) is 2.52. The van der Waals surface area contributed by atoms with E-state index in [9.17, 15) is 9.59 Å². The first kappa shape index (κ1) is 14.4. The Morgan fingerprint density at radius 1 is 1.35 bits per heavy atom. The first-order chi connectivity index (χ1) is 9.47. The maximum atomic E-state index is 12.0. The number of rotatable bonds is 4.